The van der Waals surface area contributed by atoms with Crippen molar-refractivity contribution in [1.82, 2.24) is 5.32 Å². The van der Waals surface area contributed by atoms with Crippen molar-refractivity contribution in [3.63, 3.8) is 0 Å². The highest BCUT2D eigenvalue weighted by molar-refractivity contribution is 5.97. The average molecular weight is 558 g/mol. The predicted molar refractivity (Wildman–Crippen MR) is 150 cm³/mol. The molecular weight excluding hydrogens is 518 g/mol. The number of anilines is 2. The van der Waals surface area contributed by atoms with Crippen molar-refractivity contribution < 1.29 is 38.1 Å². The summed E-state index contributed by atoms with van der Waals surface area (Å²) in [5.41, 5.74) is 0.597. The molecular formula is C29H39N3O8. The number of carbonyl (C=O) groups is 4. The number of methoxy groups -OCH3 is 1. The Morgan fingerprint density at radius 3 is 1.82 bits per heavy atom. The molecule has 218 valence electrons. The fourth-order valence-corrected chi connectivity index (χ4v) is 3.25. The first-order valence-electron chi connectivity index (χ1n) is 12.8. The van der Waals surface area contributed by atoms with Gasteiger partial charge in [0.25, 0.3) is 0 Å². The first-order valence-corrected chi connectivity index (χ1v) is 12.8. The molecule has 2 rings (SSSR count). The normalized spacial score (nSPS) is 12.1. The Bertz CT molecular complexity index is 1150. The molecule has 2 aromatic carbocycles. The van der Waals surface area contributed by atoms with Crippen molar-refractivity contribution in [1.29, 1.82) is 0 Å². The summed E-state index contributed by atoms with van der Waals surface area (Å²) in [5, 5.41) is 7.99. The maximum atomic E-state index is 13.2. The van der Waals surface area contributed by atoms with Crippen LogP contribution in [0, 0.1) is 0 Å². The molecule has 3 N–H and O–H groups in total. The van der Waals surface area contributed by atoms with E-state index in [-0.39, 0.29) is 19.6 Å². The third-order valence-electron chi connectivity index (χ3n) is 4.96. The summed E-state index contributed by atoms with van der Waals surface area (Å²) >= 11 is 0. The van der Waals surface area contributed by atoms with Gasteiger partial charge in [-0.3, -0.25) is 10.1 Å². The molecule has 0 aromatic heterocycles. The minimum absolute atomic E-state index is 0.122. The summed E-state index contributed by atoms with van der Waals surface area (Å²) in [4.78, 5) is 49.8. The Morgan fingerprint density at radius 2 is 1.27 bits per heavy atom. The number of benzene rings is 2. The number of nitrogens with one attached hydrogen (secondary N) is 3. The van der Waals surface area contributed by atoms with Gasteiger partial charge in [-0.25, -0.2) is 14.4 Å². The number of alkyl carbamates (subject to hydrolysis) is 1. The molecule has 0 bridgehead atoms. The van der Waals surface area contributed by atoms with E-state index >= 15 is 0 Å². The summed E-state index contributed by atoms with van der Waals surface area (Å²) < 4.78 is 20.5. The molecule has 0 fully saturated rings. The number of amides is 3. The molecule has 0 radical (unpaired) electrons. The lowest BCUT2D eigenvalue weighted by molar-refractivity contribution is -0.118. The predicted octanol–water partition coefficient (Wildman–Crippen LogP) is 4.91. The van der Waals surface area contributed by atoms with Crippen LogP contribution in [0.4, 0.5) is 21.0 Å². The second-order valence-corrected chi connectivity index (χ2v) is 10.9. The number of carbonyl (C=O) groups excluding carboxylic acids is 4. The highest BCUT2D eigenvalue weighted by atomic mass is 16.6. The molecule has 3 amide bonds. The van der Waals surface area contributed by atoms with E-state index in [0.717, 1.165) is 5.56 Å². The maximum absolute atomic E-state index is 13.2. The van der Waals surface area contributed by atoms with Gasteiger partial charge in [0.1, 0.15) is 23.9 Å². The molecule has 2 aromatic rings. The zero-order chi connectivity index (χ0) is 29.9. The van der Waals surface area contributed by atoms with Crippen LogP contribution in [0.5, 0.6) is 0 Å². The van der Waals surface area contributed by atoms with Crippen molar-refractivity contribution in [3.8, 4) is 0 Å². The third-order valence-corrected chi connectivity index (χ3v) is 4.96. The highest BCUT2D eigenvalue weighted by Crippen LogP contribution is 2.17. The molecule has 0 aliphatic rings. The van der Waals surface area contributed by atoms with E-state index < -0.39 is 41.3 Å². The second kappa shape index (κ2) is 14.3. The maximum Gasteiger partial charge on any atom is 0.411 e. The number of hydrogen-bond donors (Lipinski definition) is 3. The summed E-state index contributed by atoms with van der Waals surface area (Å²) in [5.74, 6) is -0.962. The quantitative estimate of drug-likeness (QED) is 0.213. The number of hydrogen-bond acceptors (Lipinski definition) is 8. The van der Waals surface area contributed by atoms with Crippen LogP contribution in [-0.4, -0.2) is 61.6 Å². The molecule has 0 heterocycles. The first-order chi connectivity index (χ1) is 18.6. The van der Waals surface area contributed by atoms with Crippen LogP contribution >= 0.6 is 0 Å². The van der Waals surface area contributed by atoms with Crippen molar-refractivity contribution in [3.05, 3.63) is 59.7 Å². The van der Waals surface area contributed by atoms with E-state index in [1.807, 2.05) is 0 Å². The zero-order valence-corrected chi connectivity index (χ0v) is 24.1. The largest absolute Gasteiger partial charge is 0.456 e. The van der Waals surface area contributed by atoms with Gasteiger partial charge in [0.15, 0.2) is 0 Å². The van der Waals surface area contributed by atoms with Gasteiger partial charge in [0.2, 0.25) is 5.91 Å². The SMILES string of the molecule is COCCOC(=O)Nc1ccc(C[C@H](NC(=O)OC(C)(C)C)C(=O)Nc2ccc(C(=O)OC(C)(C)C)cc2)cc1. The van der Waals surface area contributed by atoms with E-state index in [4.69, 9.17) is 18.9 Å². The van der Waals surface area contributed by atoms with Crippen molar-refractivity contribution >= 4 is 35.4 Å². The Kier molecular flexibility index (Phi) is 11.5. The van der Waals surface area contributed by atoms with Gasteiger partial charge < -0.3 is 29.6 Å². The van der Waals surface area contributed by atoms with E-state index in [9.17, 15) is 19.2 Å². The molecule has 0 unspecified atom stereocenters. The molecule has 0 saturated heterocycles. The minimum atomic E-state index is -0.988. The summed E-state index contributed by atoms with van der Waals surface area (Å²) in [6.45, 7) is 10.9. The van der Waals surface area contributed by atoms with Gasteiger partial charge in [-0.05, 0) is 83.5 Å². The zero-order valence-electron chi connectivity index (χ0n) is 24.1. The number of ether oxygens (including phenoxy) is 4. The lowest BCUT2D eigenvalue weighted by atomic mass is 10.0. The van der Waals surface area contributed by atoms with Crippen LogP contribution in [0.1, 0.15) is 57.5 Å². The smallest absolute Gasteiger partial charge is 0.411 e. The summed E-state index contributed by atoms with van der Waals surface area (Å²) in [6.07, 6.45) is -1.23. The Hall–Kier alpha value is -4.12. The van der Waals surface area contributed by atoms with Gasteiger partial charge in [0, 0.05) is 24.9 Å². The topological polar surface area (TPSA) is 141 Å². The van der Waals surface area contributed by atoms with Gasteiger partial charge in [0.05, 0.1) is 12.2 Å². The van der Waals surface area contributed by atoms with Crippen LogP contribution in [0.15, 0.2) is 48.5 Å². The lowest BCUT2D eigenvalue weighted by Crippen LogP contribution is -2.47. The summed E-state index contributed by atoms with van der Waals surface area (Å²) in [6, 6.07) is 12.0. The van der Waals surface area contributed by atoms with Gasteiger partial charge >= 0.3 is 18.2 Å². The Morgan fingerprint density at radius 1 is 0.725 bits per heavy atom. The van der Waals surface area contributed by atoms with Crippen molar-refractivity contribution in [2.45, 2.75) is 65.2 Å². The van der Waals surface area contributed by atoms with E-state index in [1.165, 1.54) is 7.11 Å². The Balaban J connectivity index is 2.11. The molecule has 11 nitrogen and oxygen atoms in total. The molecule has 0 aliphatic heterocycles. The molecule has 0 aliphatic carbocycles. The molecule has 1 atom stereocenters. The van der Waals surface area contributed by atoms with Crippen LogP contribution in [0.2, 0.25) is 0 Å². The average Bonchev–Trinajstić information content (AvgIpc) is 2.83. The first kappa shape index (κ1) is 32.1. The Labute approximate surface area is 234 Å². The lowest BCUT2D eigenvalue weighted by Gasteiger charge is -2.23. The van der Waals surface area contributed by atoms with Gasteiger partial charge in [-0.2, -0.15) is 0 Å². The third kappa shape index (κ3) is 12.2. The fraction of sp³-hybridized carbons (Fsp3) is 0.448. The molecule has 40 heavy (non-hydrogen) atoms. The van der Waals surface area contributed by atoms with Crippen LogP contribution in [0.3, 0.4) is 0 Å². The van der Waals surface area contributed by atoms with E-state index in [2.05, 4.69) is 16.0 Å². The highest BCUT2D eigenvalue weighted by Gasteiger charge is 2.25. The number of esters is 1. The molecule has 0 saturated carbocycles. The molecule has 0 spiro atoms. The second-order valence-electron chi connectivity index (χ2n) is 10.9. The van der Waals surface area contributed by atoms with Crippen molar-refractivity contribution in [2.24, 2.45) is 0 Å². The van der Waals surface area contributed by atoms with Crippen LogP contribution in [-0.2, 0) is 30.2 Å². The number of rotatable bonds is 10. The van der Waals surface area contributed by atoms with Crippen molar-refractivity contribution in [2.75, 3.05) is 31.0 Å². The fourth-order valence-electron chi connectivity index (χ4n) is 3.25. The minimum Gasteiger partial charge on any atom is -0.456 e. The summed E-state index contributed by atoms with van der Waals surface area (Å²) in [7, 11) is 1.51. The van der Waals surface area contributed by atoms with Gasteiger partial charge in [-0.15, -0.1) is 0 Å². The van der Waals surface area contributed by atoms with E-state index in [1.54, 1.807) is 90.1 Å². The monoisotopic (exact) mass is 557 g/mol. The molecule has 11 heteroatoms. The van der Waals surface area contributed by atoms with Crippen LogP contribution in [0.25, 0.3) is 0 Å². The van der Waals surface area contributed by atoms with Crippen LogP contribution < -0.4 is 16.0 Å². The standard InChI is InChI=1S/C29H39N3O8/c1-28(2,3)39-25(34)20-10-14-21(15-11-20)30-24(33)23(32-27(36)40-29(4,5)6)18-19-8-12-22(13-9-19)31-26(35)38-17-16-37-7/h8-15,23H,16-18H2,1-7H3,(H,30,33)(H,31,35)(H,32,36)/t23-/m0/s1. The van der Waals surface area contributed by atoms with E-state index in [0.29, 0.717) is 16.9 Å². The van der Waals surface area contributed by atoms with Gasteiger partial charge in [-0.1, -0.05) is 12.1 Å².